The van der Waals surface area contributed by atoms with Crippen molar-refractivity contribution in [2.45, 2.75) is 0 Å². The molecule has 90 valence electrons. The Hall–Kier alpha value is -2.81. The molecule has 1 aromatic carbocycles. The van der Waals surface area contributed by atoms with Crippen LogP contribution in [0.25, 0.3) is 0 Å². The third-order valence-electron chi connectivity index (χ3n) is 2.32. The van der Waals surface area contributed by atoms with Gasteiger partial charge in [0.2, 0.25) is 0 Å². The Morgan fingerprint density at radius 1 is 1.56 bits per heavy atom. The first-order valence-corrected chi connectivity index (χ1v) is 5.09. The van der Waals surface area contributed by atoms with Crippen LogP contribution in [0.1, 0.15) is 11.1 Å². The zero-order valence-corrected chi connectivity index (χ0v) is 9.58. The maximum Gasteiger partial charge on any atom is 0.166 e. The summed E-state index contributed by atoms with van der Waals surface area (Å²) in [6.07, 6.45) is 2.82. The zero-order chi connectivity index (χ0) is 13.0. The van der Waals surface area contributed by atoms with E-state index in [4.69, 9.17) is 10.00 Å². The van der Waals surface area contributed by atoms with Crippen molar-refractivity contribution in [3.8, 4) is 17.6 Å². The van der Waals surface area contributed by atoms with Crippen LogP contribution >= 0.6 is 0 Å². The monoisotopic (exact) mass is 242 g/mol. The van der Waals surface area contributed by atoms with Crippen LogP contribution in [0.3, 0.4) is 0 Å². The number of ether oxygens (including phenoxy) is 1. The Bertz CT molecular complexity index is 625. The number of rotatable bonds is 3. The lowest BCUT2D eigenvalue weighted by molar-refractivity contribution is 0.373. The Morgan fingerprint density at radius 2 is 2.39 bits per heavy atom. The summed E-state index contributed by atoms with van der Waals surface area (Å²) in [6.45, 7) is 0. The molecule has 0 saturated carbocycles. The van der Waals surface area contributed by atoms with Crippen molar-refractivity contribution in [1.82, 2.24) is 10.2 Å². The van der Waals surface area contributed by atoms with Crippen LogP contribution in [0.5, 0.6) is 11.5 Å². The number of nitrogens with zero attached hydrogens (tertiary/aromatic N) is 3. The molecule has 0 atom stereocenters. The van der Waals surface area contributed by atoms with Crippen molar-refractivity contribution in [2.24, 2.45) is 4.99 Å². The number of aromatic hydroxyl groups is 1. The van der Waals surface area contributed by atoms with Gasteiger partial charge in [-0.15, -0.1) is 0 Å². The molecule has 0 amide bonds. The van der Waals surface area contributed by atoms with Crippen LogP contribution in [-0.2, 0) is 0 Å². The highest BCUT2D eigenvalue weighted by molar-refractivity contribution is 5.86. The minimum Gasteiger partial charge on any atom is -0.504 e. The summed E-state index contributed by atoms with van der Waals surface area (Å²) in [5.41, 5.74) is 0.835. The van der Waals surface area contributed by atoms with Crippen LogP contribution in [-0.4, -0.2) is 28.6 Å². The van der Waals surface area contributed by atoms with Gasteiger partial charge in [0.15, 0.2) is 17.3 Å². The predicted octanol–water partition coefficient (Wildman–Crippen LogP) is 1.75. The summed E-state index contributed by atoms with van der Waals surface area (Å²) in [6, 6.07) is 7.02. The molecule has 0 aliphatic carbocycles. The first kappa shape index (κ1) is 11.7. The number of H-pyrrole nitrogens is 1. The fourth-order valence-corrected chi connectivity index (χ4v) is 1.40. The van der Waals surface area contributed by atoms with Gasteiger partial charge in [0, 0.05) is 11.8 Å². The van der Waals surface area contributed by atoms with Crippen LogP contribution in [0.15, 0.2) is 29.4 Å². The molecule has 0 aliphatic rings. The van der Waals surface area contributed by atoms with Gasteiger partial charge in [0.25, 0.3) is 0 Å². The van der Waals surface area contributed by atoms with Crippen LogP contribution < -0.4 is 4.74 Å². The molecule has 0 bridgehead atoms. The van der Waals surface area contributed by atoms with Gasteiger partial charge in [-0.1, -0.05) is 6.07 Å². The van der Waals surface area contributed by atoms with E-state index in [2.05, 4.69) is 15.2 Å². The minimum absolute atomic E-state index is 0.00164. The number of nitriles is 1. The number of aromatic amines is 1. The van der Waals surface area contributed by atoms with E-state index >= 15 is 0 Å². The van der Waals surface area contributed by atoms with Gasteiger partial charge < -0.3 is 9.84 Å². The van der Waals surface area contributed by atoms with E-state index in [1.807, 2.05) is 6.07 Å². The highest BCUT2D eigenvalue weighted by atomic mass is 16.5. The second-order valence-corrected chi connectivity index (χ2v) is 3.40. The summed E-state index contributed by atoms with van der Waals surface area (Å²) < 4.78 is 4.98. The predicted molar refractivity (Wildman–Crippen MR) is 65.2 cm³/mol. The normalized spacial score (nSPS) is 10.4. The van der Waals surface area contributed by atoms with Gasteiger partial charge >= 0.3 is 0 Å². The SMILES string of the molecule is COc1cccc(/C=N/c2[nH]ncc2C#N)c1O. The smallest absolute Gasteiger partial charge is 0.166 e. The van der Waals surface area contributed by atoms with E-state index in [9.17, 15) is 5.11 Å². The van der Waals surface area contributed by atoms with Gasteiger partial charge in [0.05, 0.1) is 13.3 Å². The zero-order valence-electron chi connectivity index (χ0n) is 9.58. The quantitative estimate of drug-likeness (QED) is 0.801. The van der Waals surface area contributed by atoms with Crippen molar-refractivity contribution in [2.75, 3.05) is 7.11 Å². The van der Waals surface area contributed by atoms with Gasteiger partial charge in [-0.3, -0.25) is 5.10 Å². The molecule has 0 spiro atoms. The molecule has 1 heterocycles. The Kier molecular flexibility index (Phi) is 3.25. The average molecular weight is 242 g/mol. The minimum atomic E-state index is 0.00164. The number of hydrogen-bond acceptors (Lipinski definition) is 5. The Morgan fingerprint density at radius 3 is 3.11 bits per heavy atom. The molecule has 1 aromatic heterocycles. The lowest BCUT2D eigenvalue weighted by Crippen LogP contribution is -1.88. The van der Waals surface area contributed by atoms with Crippen LogP contribution in [0.2, 0.25) is 0 Å². The van der Waals surface area contributed by atoms with Crippen molar-refractivity contribution in [3.63, 3.8) is 0 Å². The lowest BCUT2D eigenvalue weighted by atomic mass is 10.2. The third-order valence-corrected chi connectivity index (χ3v) is 2.32. The average Bonchev–Trinajstić information content (AvgIpc) is 2.85. The lowest BCUT2D eigenvalue weighted by Gasteiger charge is -2.04. The molecule has 0 saturated heterocycles. The van der Waals surface area contributed by atoms with E-state index < -0.39 is 0 Å². The molecule has 18 heavy (non-hydrogen) atoms. The maximum absolute atomic E-state index is 9.84. The fraction of sp³-hybridized carbons (Fsp3) is 0.0833. The second kappa shape index (κ2) is 5.01. The number of nitrogens with one attached hydrogen (secondary N) is 1. The largest absolute Gasteiger partial charge is 0.504 e. The summed E-state index contributed by atoms with van der Waals surface area (Å²) in [5.74, 6) is 0.713. The van der Waals surface area contributed by atoms with Crippen molar-refractivity contribution in [3.05, 3.63) is 35.5 Å². The van der Waals surface area contributed by atoms with Gasteiger partial charge in [-0.25, -0.2) is 4.99 Å². The summed E-state index contributed by atoms with van der Waals surface area (Å²) in [5, 5.41) is 24.9. The first-order chi connectivity index (χ1) is 8.76. The second-order valence-electron chi connectivity index (χ2n) is 3.40. The summed E-state index contributed by atoms with van der Waals surface area (Å²) in [7, 11) is 1.47. The Labute approximate surface area is 103 Å². The van der Waals surface area contributed by atoms with Crippen LogP contribution in [0.4, 0.5) is 5.82 Å². The standard InChI is InChI=1S/C12H10N4O2/c1-18-10-4-2-3-8(11(10)17)6-14-12-9(5-13)7-15-16-12/h2-4,6-7,17H,1H3,(H,15,16)/b14-6+. The highest BCUT2D eigenvalue weighted by Gasteiger charge is 2.06. The molecular formula is C12H10N4O2. The number of aliphatic imine (C=N–C) groups is 1. The van der Waals surface area contributed by atoms with Crippen molar-refractivity contribution in [1.29, 1.82) is 5.26 Å². The van der Waals surface area contributed by atoms with Gasteiger partial charge in [0.1, 0.15) is 11.6 Å². The van der Waals surface area contributed by atoms with E-state index in [0.29, 0.717) is 22.7 Å². The molecule has 2 N–H and O–H groups in total. The number of para-hydroxylation sites is 1. The summed E-state index contributed by atoms with van der Waals surface area (Å²) >= 11 is 0. The molecule has 0 aliphatic heterocycles. The number of benzene rings is 1. The molecule has 0 unspecified atom stereocenters. The van der Waals surface area contributed by atoms with E-state index in [1.165, 1.54) is 19.5 Å². The van der Waals surface area contributed by atoms with Gasteiger partial charge in [-0.2, -0.15) is 10.4 Å². The molecular weight excluding hydrogens is 232 g/mol. The molecule has 0 fully saturated rings. The van der Waals surface area contributed by atoms with E-state index in [1.54, 1.807) is 18.2 Å². The topological polar surface area (TPSA) is 94.3 Å². The fourth-order valence-electron chi connectivity index (χ4n) is 1.40. The van der Waals surface area contributed by atoms with Crippen molar-refractivity contribution < 1.29 is 9.84 Å². The molecule has 0 radical (unpaired) electrons. The number of phenols is 1. The van der Waals surface area contributed by atoms with E-state index in [0.717, 1.165) is 0 Å². The van der Waals surface area contributed by atoms with Crippen molar-refractivity contribution >= 4 is 12.0 Å². The Balaban J connectivity index is 2.33. The third kappa shape index (κ3) is 2.15. The number of methoxy groups -OCH3 is 1. The molecule has 6 heteroatoms. The number of aromatic nitrogens is 2. The maximum atomic E-state index is 9.84. The number of phenolic OH excluding ortho intramolecular Hbond substituents is 1. The van der Waals surface area contributed by atoms with Crippen LogP contribution in [0, 0.1) is 11.3 Å². The first-order valence-electron chi connectivity index (χ1n) is 5.09. The summed E-state index contributed by atoms with van der Waals surface area (Å²) in [4.78, 5) is 4.06. The number of hydrogen-bond donors (Lipinski definition) is 2. The van der Waals surface area contributed by atoms with E-state index in [-0.39, 0.29) is 5.75 Å². The molecule has 2 aromatic rings. The highest BCUT2D eigenvalue weighted by Crippen LogP contribution is 2.28. The van der Waals surface area contributed by atoms with Gasteiger partial charge in [-0.05, 0) is 12.1 Å². The molecule has 2 rings (SSSR count). The molecule has 6 nitrogen and oxygen atoms in total.